The van der Waals surface area contributed by atoms with Crippen LogP contribution in [0.15, 0.2) is 5.16 Å². The van der Waals surface area contributed by atoms with E-state index in [2.05, 4.69) is 27.0 Å². The van der Waals surface area contributed by atoms with E-state index in [4.69, 9.17) is 5.21 Å². The van der Waals surface area contributed by atoms with Crippen LogP contribution in [-0.4, -0.2) is 31.6 Å². The molecule has 6 nitrogen and oxygen atoms in total. The average molecular weight is 140 g/mol. The second-order valence-electron chi connectivity index (χ2n) is 1.59. The zero-order valence-corrected chi connectivity index (χ0v) is 5.17. The van der Waals surface area contributed by atoms with E-state index in [1.807, 2.05) is 0 Å². The molecule has 10 heavy (non-hydrogen) atoms. The zero-order chi connectivity index (χ0) is 7.23. The first-order valence-electron chi connectivity index (χ1n) is 2.73. The summed E-state index contributed by atoms with van der Waals surface area (Å²) in [4.78, 5) is 0. The fourth-order valence-electron chi connectivity index (χ4n) is 0.492. The van der Waals surface area contributed by atoms with Crippen LogP contribution in [-0.2, 0) is 6.54 Å². The van der Waals surface area contributed by atoms with E-state index in [1.165, 1.54) is 10.9 Å². The van der Waals surface area contributed by atoms with E-state index in [1.54, 1.807) is 0 Å². The fourth-order valence-corrected chi connectivity index (χ4v) is 0.492. The number of aryl methyl sites for hydroxylation is 1. The van der Waals surface area contributed by atoms with Crippen LogP contribution in [0.3, 0.4) is 0 Å². The first kappa shape index (κ1) is 6.66. The number of hydrogen-bond donors (Lipinski definition) is 1. The molecule has 1 radical (unpaired) electrons. The molecule has 1 heterocycles. The van der Waals surface area contributed by atoms with Gasteiger partial charge in [0.15, 0.2) is 0 Å². The van der Waals surface area contributed by atoms with Crippen LogP contribution in [0, 0.1) is 6.33 Å². The number of aromatic nitrogens is 4. The van der Waals surface area contributed by atoms with E-state index in [0.29, 0.717) is 13.0 Å². The highest BCUT2D eigenvalue weighted by Crippen LogP contribution is 1.80. The molecule has 1 aromatic heterocycles. The van der Waals surface area contributed by atoms with Gasteiger partial charge in [-0.05, 0) is 10.4 Å². The lowest BCUT2D eigenvalue weighted by Crippen LogP contribution is -1.99. The molecule has 53 valence electrons. The molecule has 0 aromatic carbocycles. The molecule has 0 aliphatic rings. The van der Waals surface area contributed by atoms with Gasteiger partial charge >= 0.3 is 0 Å². The molecule has 0 atom stereocenters. The molecular weight excluding hydrogens is 134 g/mol. The van der Waals surface area contributed by atoms with Crippen LogP contribution in [0.5, 0.6) is 0 Å². The van der Waals surface area contributed by atoms with Gasteiger partial charge in [-0.1, -0.05) is 0 Å². The molecule has 0 bridgehead atoms. The molecule has 0 amide bonds. The quantitative estimate of drug-likeness (QED) is 0.343. The number of nitrogens with zero attached hydrogens (tertiary/aromatic N) is 5. The van der Waals surface area contributed by atoms with E-state index in [9.17, 15) is 0 Å². The summed E-state index contributed by atoms with van der Waals surface area (Å²) in [7, 11) is 0. The molecule has 0 aliphatic carbocycles. The van der Waals surface area contributed by atoms with Crippen LogP contribution in [0.2, 0.25) is 0 Å². The van der Waals surface area contributed by atoms with Crippen molar-refractivity contribution in [3.05, 3.63) is 6.33 Å². The van der Waals surface area contributed by atoms with Gasteiger partial charge in [0.05, 0.1) is 6.54 Å². The molecule has 0 unspecified atom stereocenters. The van der Waals surface area contributed by atoms with Gasteiger partial charge in [-0.2, -0.15) is 0 Å². The van der Waals surface area contributed by atoms with E-state index in [-0.39, 0.29) is 0 Å². The van der Waals surface area contributed by atoms with Gasteiger partial charge in [0.25, 0.3) is 0 Å². The highest BCUT2D eigenvalue weighted by atomic mass is 16.4. The Hall–Kier alpha value is -1.46. The first-order valence-corrected chi connectivity index (χ1v) is 2.73. The number of oxime groups is 1. The van der Waals surface area contributed by atoms with Crippen LogP contribution in [0.1, 0.15) is 6.42 Å². The minimum Gasteiger partial charge on any atom is -0.411 e. The van der Waals surface area contributed by atoms with E-state index in [0.717, 1.165) is 0 Å². The van der Waals surface area contributed by atoms with Crippen molar-refractivity contribution in [3.8, 4) is 0 Å². The topological polar surface area (TPSA) is 76.2 Å². The summed E-state index contributed by atoms with van der Waals surface area (Å²) in [5, 5.41) is 21.0. The third kappa shape index (κ3) is 1.81. The number of tetrazole rings is 1. The molecule has 0 saturated heterocycles. The Labute approximate surface area is 57.2 Å². The van der Waals surface area contributed by atoms with Gasteiger partial charge in [-0.15, -0.1) is 10.3 Å². The summed E-state index contributed by atoms with van der Waals surface area (Å²) in [5.41, 5.74) is 0. The van der Waals surface area contributed by atoms with Crippen molar-refractivity contribution in [2.24, 2.45) is 5.16 Å². The predicted molar refractivity (Wildman–Crippen MR) is 31.5 cm³/mol. The standard InChI is InChI=1S/C4H6N5O/c10-6-2-1-3-9-4-5-7-8-9/h2,10H,1,3H2. The highest BCUT2D eigenvalue weighted by Gasteiger charge is 1.89. The lowest BCUT2D eigenvalue weighted by Gasteiger charge is -1.89. The van der Waals surface area contributed by atoms with Gasteiger partial charge in [0.2, 0.25) is 6.33 Å². The van der Waals surface area contributed by atoms with Crippen LogP contribution in [0.4, 0.5) is 0 Å². The fraction of sp³-hybridized carbons (Fsp3) is 0.500. The van der Waals surface area contributed by atoms with Crippen LogP contribution < -0.4 is 0 Å². The largest absolute Gasteiger partial charge is 0.411 e. The molecule has 1 N–H and O–H groups in total. The summed E-state index contributed by atoms with van der Waals surface area (Å²) in [5.74, 6) is 0. The van der Waals surface area contributed by atoms with Crippen molar-refractivity contribution in [1.29, 1.82) is 0 Å². The monoisotopic (exact) mass is 140 g/mol. The van der Waals surface area contributed by atoms with Gasteiger partial charge in [-0.3, -0.25) is 0 Å². The maximum Gasteiger partial charge on any atom is 0.221 e. The van der Waals surface area contributed by atoms with E-state index < -0.39 is 0 Å². The van der Waals surface area contributed by atoms with Crippen molar-refractivity contribution in [3.63, 3.8) is 0 Å². The third-order valence-corrected chi connectivity index (χ3v) is 0.904. The van der Waals surface area contributed by atoms with E-state index >= 15 is 0 Å². The normalized spacial score (nSPS) is 10.8. The predicted octanol–water partition coefficient (Wildman–Crippen LogP) is -0.677. The second kappa shape index (κ2) is 3.54. The Morgan fingerprint density at radius 3 is 3.20 bits per heavy atom. The smallest absolute Gasteiger partial charge is 0.221 e. The minimum absolute atomic E-state index is 0.580. The average Bonchev–Trinajstić information content (AvgIpc) is 2.41. The molecule has 1 aromatic rings. The lowest BCUT2D eigenvalue weighted by molar-refractivity contribution is 0.320. The second-order valence-corrected chi connectivity index (χ2v) is 1.59. The molecule has 0 aliphatic heterocycles. The maximum absolute atomic E-state index is 7.99. The molecule has 0 saturated carbocycles. The van der Waals surface area contributed by atoms with Gasteiger partial charge in [-0.25, -0.2) is 4.68 Å². The molecule has 1 rings (SSSR count). The lowest BCUT2D eigenvalue weighted by atomic mass is 10.5. The minimum atomic E-state index is 0.580. The van der Waals surface area contributed by atoms with Crippen molar-refractivity contribution in [2.45, 2.75) is 13.0 Å². The first-order chi connectivity index (χ1) is 4.93. The van der Waals surface area contributed by atoms with Gasteiger partial charge < -0.3 is 5.21 Å². The van der Waals surface area contributed by atoms with Crippen LogP contribution in [0.25, 0.3) is 0 Å². The molecular formula is C4H6N5O. The summed E-state index contributed by atoms with van der Waals surface area (Å²) in [6, 6.07) is 0. The van der Waals surface area contributed by atoms with Crippen LogP contribution >= 0.6 is 0 Å². The third-order valence-electron chi connectivity index (χ3n) is 0.904. The maximum atomic E-state index is 7.99. The Morgan fingerprint density at radius 2 is 2.60 bits per heavy atom. The Balaban J connectivity index is 2.28. The summed E-state index contributed by atoms with van der Waals surface area (Å²) >= 11 is 0. The molecule has 6 heteroatoms. The SMILES string of the molecule is ON=CCCn1[c]nnn1. The Morgan fingerprint density at radius 1 is 1.70 bits per heavy atom. The summed E-state index contributed by atoms with van der Waals surface area (Å²) < 4.78 is 1.43. The van der Waals surface area contributed by atoms with Crippen molar-refractivity contribution in [1.82, 2.24) is 20.2 Å². The van der Waals surface area contributed by atoms with Crippen molar-refractivity contribution >= 4 is 6.21 Å². The number of rotatable bonds is 3. The molecule has 0 spiro atoms. The Kier molecular flexibility index (Phi) is 2.36. The van der Waals surface area contributed by atoms with Crippen molar-refractivity contribution < 1.29 is 5.21 Å². The zero-order valence-electron chi connectivity index (χ0n) is 5.17. The van der Waals surface area contributed by atoms with Gasteiger partial charge in [0, 0.05) is 12.6 Å². The van der Waals surface area contributed by atoms with Crippen molar-refractivity contribution in [2.75, 3.05) is 0 Å². The van der Waals surface area contributed by atoms with Gasteiger partial charge in [0.1, 0.15) is 0 Å². The summed E-state index contributed by atoms with van der Waals surface area (Å²) in [6.45, 7) is 0.580. The molecule has 0 fully saturated rings. The Bertz CT molecular complexity index is 193. The number of hydrogen-bond acceptors (Lipinski definition) is 5. The summed E-state index contributed by atoms with van der Waals surface area (Å²) in [6.07, 6.45) is 4.46. The highest BCUT2D eigenvalue weighted by molar-refractivity contribution is 5.55.